The fourth-order valence-corrected chi connectivity index (χ4v) is 29.5. The maximum atomic E-state index is 13.0. The average molecular weight is 686 g/mol. The Morgan fingerprint density at radius 2 is 1.72 bits per heavy atom. The normalized spacial score (nSPS) is 17.9. The first kappa shape index (κ1) is 32.3. The topological polar surface area (TPSA) is 190 Å². The number of hydrogen-bond acceptors (Lipinski definition) is 14. The highest BCUT2D eigenvalue weighted by Crippen LogP contribution is 2.99. The van der Waals surface area contributed by atoms with Gasteiger partial charge in [-0.15, -0.1) is 20.2 Å². The zero-order valence-electron chi connectivity index (χ0n) is 21.9. The summed E-state index contributed by atoms with van der Waals surface area (Å²) in [6.45, 7) is -0.840. The van der Waals surface area contributed by atoms with Crippen molar-refractivity contribution in [2.24, 2.45) is 0 Å². The highest BCUT2D eigenvalue weighted by atomic mass is 33.7. The Kier molecular flexibility index (Phi) is 10.7. The summed E-state index contributed by atoms with van der Waals surface area (Å²) in [5.74, 6) is -0.920. The van der Waals surface area contributed by atoms with Crippen molar-refractivity contribution in [3.63, 3.8) is 0 Å². The number of aromatic hydroxyl groups is 1. The average Bonchev–Trinajstić information content (AvgIpc) is 2.94. The van der Waals surface area contributed by atoms with E-state index in [9.17, 15) is 34.9 Å². The van der Waals surface area contributed by atoms with Gasteiger partial charge in [-0.1, -0.05) is 33.8 Å². The van der Waals surface area contributed by atoms with Gasteiger partial charge < -0.3 is 29.6 Å². The molecule has 1 amide bonds. The van der Waals surface area contributed by atoms with E-state index in [-0.39, 0.29) is 28.5 Å². The van der Waals surface area contributed by atoms with E-state index in [1.54, 1.807) is 46.3 Å². The first-order valence-corrected chi connectivity index (χ1v) is 20.1. The van der Waals surface area contributed by atoms with Gasteiger partial charge in [-0.3, -0.25) is 4.79 Å². The number of hydrogen-bond donors (Lipinski definition) is 2. The maximum Gasteiger partial charge on any atom is 0.347 e. The molecule has 0 saturated carbocycles. The molecule has 1 aliphatic heterocycles. The number of rotatable bonds is 13. The molecule has 1 unspecified atom stereocenters. The van der Waals surface area contributed by atoms with Crippen LogP contribution in [-0.2, 0) is 26.3 Å². The van der Waals surface area contributed by atoms with Crippen LogP contribution in [-0.4, -0.2) is 47.0 Å². The molecule has 43 heavy (non-hydrogen) atoms. The molecule has 0 aromatic heterocycles. The predicted octanol–water partition coefficient (Wildman–Crippen LogP) is 4.79. The molecule has 226 valence electrons. The largest absolute Gasteiger partial charge is 0.508 e. The van der Waals surface area contributed by atoms with Crippen molar-refractivity contribution in [2.45, 2.75) is 12.5 Å². The Hall–Kier alpha value is -3.62. The van der Waals surface area contributed by atoms with Crippen molar-refractivity contribution >= 4 is 72.7 Å². The second kappa shape index (κ2) is 14.2. The quantitative estimate of drug-likeness (QED) is 0.0821. The van der Waals surface area contributed by atoms with E-state index in [0.29, 0.717) is 0 Å². The van der Waals surface area contributed by atoms with Crippen molar-refractivity contribution in [3.05, 3.63) is 92.5 Å². The Labute approximate surface area is 257 Å². The van der Waals surface area contributed by atoms with Crippen LogP contribution in [0.2, 0.25) is 0 Å². The summed E-state index contributed by atoms with van der Waals surface area (Å²) in [5.41, 5.74) is 0.123. The van der Waals surface area contributed by atoms with Gasteiger partial charge >= 0.3 is 5.97 Å². The van der Waals surface area contributed by atoms with E-state index >= 15 is 0 Å². The van der Waals surface area contributed by atoms with Crippen LogP contribution in [0.4, 0.5) is 5.69 Å². The molecule has 0 spiro atoms. The third kappa shape index (κ3) is 8.71. The van der Waals surface area contributed by atoms with Gasteiger partial charge in [0.2, 0.25) is 5.91 Å². The second-order valence-electron chi connectivity index (χ2n) is 8.46. The SMILES string of the molecule is COc1ccc(NC(=O)CC(CO[N+](=O)[O-])O[N+](=O)[O-])cc1C(=O)Oc1ccc(P2SP(=S)(c3ccc(O)cc3)S2)cc1. The van der Waals surface area contributed by atoms with Gasteiger partial charge in [0, 0.05) is 11.0 Å². The van der Waals surface area contributed by atoms with Crippen LogP contribution in [0.15, 0.2) is 66.7 Å². The van der Waals surface area contributed by atoms with Crippen LogP contribution in [0.5, 0.6) is 17.2 Å². The van der Waals surface area contributed by atoms with Crippen LogP contribution >= 0.6 is 32.8 Å². The molecule has 3 aromatic rings. The molecule has 1 aliphatic rings. The molecule has 4 rings (SSSR count). The first-order valence-electron chi connectivity index (χ1n) is 11.9. The van der Waals surface area contributed by atoms with Crippen molar-refractivity contribution < 1.29 is 44.0 Å². The van der Waals surface area contributed by atoms with Crippen LogP contribution < -0.4 is 25.4 Å². The summed E-state index contributed by atoms with van der Waals surface area (Å²) in [4.78, 5) is 54.8. The van der Waals surface area contributed by atoms with Crippen molar-refractivity contribution in [1.29, 1.82) is 0 Å². The number of nitrogens with zero attached hydrogens (tertiary/aromatic N) is 2. The summed E-state index contributed by atoms with van der Waals surface area (Å²) >= 11 is 9.40. The summed E-state index contributed by atoms with van der Waals surface area (Å²) in [7, 11) is 1.35. The number of methoxy groups -OCH3 is 1. The predicted molar refractivity (Wildman–Crippen MR) is 166 cm³/mol. The number of benzene rings is 3. The maximum absolute atomic E-state index is 13.0. The van der Waals surface area contributed by atoms with E-state index in [4.69, 9.17) is 21.3 Å². The molecule has 3 aromatic carbocycles. The van der Waals surface area contributed by atoms with Gasteiger partial charge in [0.15, 0.2) is 0 Å². The number of phenols is 1. The lowest BCUT2D eigenvalue weighted by Gasteiger charge is -2.37. The van der Waals surface area contributed by atoms with E-state index in [1.807, 2.05) is 24.3 Å². The molecule has 1 heterocycles. The van der Waals surface area contributed by atoms with E-state index < -0.39 is 51.9 Å². The Bertz CT molecular complexity index is 1570. The lowest BCUT2D eigenvalue weighted by molar-refractivity contribution is -0.789. The Balaban J connectivity index is 1.37. The standard InChI is InChI=1S/C24H21N3O11P2S3/c1-35-22-11-2-15(25-23(29)13-18(38-27(33)34)14-36-26(31)32)12-21(22)24(30)37-17-5-7-19(8-6-17)39-42-40(41,43-39)20-9-3-16(28)4-10-20/h2-12,18,28H,13-14H2,1H3,(H,25,29). The number of anilines is 1. The zero-order chi connectivity index (χ0) is 31.1. The van der Waals surface area contributed by atoms with E-state index in [0.717, 1.165) is 10.6 Å². The van der Waals surface area contributed by atoms with Crippen LogP contribution in [0.25, 0.3) is 0 Å². The Morgan fingerprint density at radius 1 is 1.05 bits per heavy atom. The third-order valence-electron chi connectivity index (χ3n) is 5.50. The van der Waals surface area contributed by atoms with Gasteiger partial charge in [-0.2, -0.15) is 0 Å². The lowest BCUT2D eigenvalue weighted by Crippen LogP contribution is -2.29. The molecule has 0 aliphatic carbocycles. The number of ether oxygens (including phenoxy) is 2. The van der Waals surface area contributed by atoms with Crippen molar-refractivity contribution in [2.75, 3.05) is 19.0 Å². The highest BCUT2D eigenvalue weighted by molar-refractivity contribution is 9.43. The molecular formula is C24H21N3O11P2S3. The Morgan fingerprint density at radius 3 is 2.33 bits per heavy atom. The number of nitrogens with one attached hydrogen (secondary N) is 1. The summed E-state index contributed by atoms with van der Waals surface area (Å²) in [5, 5.41) is 32.8. The third-order valence-corrected chi connectivity index (χ3v) is 30.6. The number of esters is 1. The molecule has 19 heteroatoms. The molecule has 2 N–H and O–H groups in total. The summed E-state index contributed by atoms with van der Waals surface area (Å²) in [6.07, 6.45) is -2.78. The highest BCUT2D eigenvalue weighted by Gasteiger charge is 2.40. The monoisotopic (exact) mass is 685 g/mol. The minimum Gasteiger partial charge on any atom is -0.508 e. The molecule has 1 atom stereocenters. The van der Waals surface area contributed by atoms with Gasteiger partial charge in [0.05, 0.1) is 24.3 Å². The molecule has 0 bridgehead atoms. The molecule has 1 fully saturated rings. The van der Waals surface area contributed by atoms with Crippen LogP contribution in [0.1, 0.15) is 16.8 Å². The van der Waals surface area contributed by atoms with E-state index in [1.165, 1.54) is 25.3 Å². The second-order valence-corrected chi connectivity index (χ2v) is 25.1. The zero-order valence-corrected chi connectivity index (χ0v) is 26.1. The number of carbonyl (C=O) groups excluding carboxylic acids is 2. The minimum atomic E-state index is -1.82. The molecule has 0 radical (unpaired) electrons. The van der Waals surface area contributed by atoms with Gasteiger partial charge in [0.1, 0.15) is 35.5 Å². The van der Waals surface area contributed by atoms with Crippen molar-refractivity contribution in [1.82, 2.24) is 0 Å². The smallest absolute Gasteiger partial charge is 0.347 e. The van der Waals surface area contributed by atoms with Gasteiger partial charge in [-0.25, -0.2) is 4.79 Å². The fourth-order valence-electron chi connectivity index (χ4n) is 3.58. The molecular weight excluding hydrogens is 664 g/mol. The van der Waals surface area contributed by atoms with E-state index in [2.05, 4.69) is 15.0 Å². The van der Waals surface area contributed by atoms with Gasteiger partial charge in [0.25, 0.3) is 10.2 Å². The first-order chi connectivity index (χ1) is 20.5. The van der Waals surface area contributed by atoms with Gasteiger partial charge in [-0.05, 0) is 72.0 Å². The van der Waals surface area contributed by atoms with Crippen LogP contribution in [0.3, 0.4) is 0 Å². The molecule has 1 saturated heterocycles. The summed E-state index contributed by atoms with van der Waals surface area (Å²) in [6, 6.07) is 18.2. The fraction of sp³-hybridized carbons (Fsp3) is 0.167. The minimum absolute atomic E-state index is 0.0109. The number of carbonyl (C=O) groups is 2. The number of amides is 1. The van der Waals surface area contributed by atoms with Crippen LogP contribution in [0, 0.1) is 20.2 Å². The molecule has 14 nitrogen and oxygen atoms in total. The summed E-state index contributed by atoms with van der Waals surface area (Å²) < 4.78 is 8.95. The van der Waals surface area contributed by atoms with Crippen molar-refractivity contribution in [3.8, 4) is 17.2 Å². The lowest BCUT2D eigenvalue weighted by atomic mass is 10.1. The number of phenolic OH excluding ortho intramolecular Hbond substituents is 1.